The van der Waals surface area contributed by atoms with Crippen molar-refractivity contribution < 1.29 is 9.90 Å². The first-order valence-corrected chi connectivity index (χ1v) is 8.98. The summed E-state index contributed by atoms with van der Waals surface area (Å²) in [4.78, 5) is 32.0. The predicted octanol–water partition coefficient (Wildman–Crippen LogP) is 1.71. The van der Waals surface area contributed by atoms with Crippen LogP contribution in [0.3, 0.4) is 0 Å². The fourth-order valence-electron chi connectivity index (χ4n) is 3.47. The maximum absolute atomic E-state index is 12.9. The van der Waals surface area contributed by atoms with E-state index in [1.165, 1.54) is 0 Å². The van der Waals surface area contributed by atoms with Crippen molar-refractivity contribution in [2.45, 2.75) is 26.4 Å². The zero-order chi connectivity index (χ0) is 19.0. The highest BCUT2D eigenvalue weighted by Gasteiger charge is 2.34. The number of benzene rings is 1. The summed E-state index contributed by atoms with van der Waals surface area (Å²) in [6.45, 7) is 4.64. The summed E-state index contributed by atoms with van der Waals surface area (Å²) in [7, 11) is 0. The van der Waals surface area contributed by atoms with Gasteiger partial charge in [-0.15, -0.1) is 0 Å². The van der Waals surface area contributed by atoms with Gasteiger partial charge in [0.15, 0.2) is 0 Å². The molecule has 7 nitrogen and oxygen atoms in total. The molecule has 1 aliphatic heterocycles. The summed E-state index contributed by atoms with van der Waals surface area (Å²) in [5.41, 5.74) is 4.61. The molecule has 138 valence electrons. The number of aryl methyl sites for hydroxylation is 2. The van der Waals surface area contributed by atoms with Gasteiger partial charge in [-0.1, -0.05) is 0 Å². The van der Waals surface area contributed by atoms with Gasteiger partial charge in [0.2, 0.25) is 0 Å². The van der Waals surface area contributed by atoms with Crippen molar-refractivity contribution in [2.24, 2.45) is 5.92 Å². The molecule has 1 saturated heterocycles. The molecule has 4 rings (SSSR count). The lowest BCUT2D eigenvalue weighted by molar-refractivity contribution is 0.0765. The van der Waals surface area contributed by atoms with Crippen LogP contribution in [0.5, 0.6) is 0 Å². The lowest BCUT2D eigenvalue weighted by Crippen LogP contribution is -2.29. The van der Waals surface area contributed by atoms with Crippen molar-refractivity contribution in [3.05, 3.63) is 59.4 Å². The molecule has 7 heteroatoms. The Morgan fingerprint density at radius 3 is 2.67 bits per heavy atom. The molecular formula is C20H21N5O2. The molecule has 27 heavy (non-hydrogen) atoms. The Labute approximate surface area is 157 Å². The number of hydrogen-bond acceptors (Lipinski definition) is 6. The summed E-state index contributed by atoms with van der Waals surface area (Å²) in [5.74, 6) is -0.145. The average Bonchev–Trinajstić information content (AvgIpc) is 3.03. The van der Waals surface area contributed by atoms with Crippen molar-refractivity contribution in [1.82, 2.24) is 24.8 Å². The van der Waals surface area contributed by atoms with Crippen LogP contribution in [0.4, 0.5) is 0 Å². The summed E-state index contributed by atoms with van der Waals surface area (Å²) >= 11 is 0. The maximum Gasteiger partial charge on any atom is 0.254 e. The van der Waals surface area contributed by atoms with Crippen molar-refractivity contribution in [1.29, 1.82) is 0 Å². The van der Waals surface area contributed by atoms with Gasteiger partial charge in [0.05, 0.1) is 34.2 Å². The molecular weight excluding hydrogens is 342 g/mol. The van der Waals surface area contributed by atoms with Crippen LogP contribution in [0.2, 0.25) is 0 Å². The molecule has 1 aromatic carbocycles. The number of carbonyl (C=O) groups excluding carboxylic acids is 1. The molecule has 1 amide bonds. The Hall–Kier alpha value is -2.93. The number of aromatic nitrogens is 4. The zero-order valence-electron chi connectivity index (χ0n) is 15.3. The highest BCUT2D eigenvalue weighted by Crippen LogP contribution is 2.23. The van der Waals surface area contributed by atoms with E-state index in [-0.39, 0.29) is 11.8 Å². The Balaban J connectivity index is 1.53. The van der Waals surface area contributed by atoms with Gasteiger partial charge in [-0.2, -0.15) is 0 Å². The number of aliphatic hydroxyl groups excluding tert-OH is 1. The van der Waals surface area contributed by atoms with Crippen molar-refractivity contribution in [3.63, 3.8) is 0 Å². The molecule has 3 aromatic rings. The third-order valence-corrected chi connectivity index (χ3v) is 5.10. The van der Waals surface area contributed by atoms with Gasteiger partial charge in [0.1, 0.15) is 0 Å². The number of carbonyl (C=O) groups is 1. The van der Waals surface area contributed by atoms with E-state index in [2.05, 4.69) is 19.9 Å². The van der Waals surface area contributed by atoms with Crippen LogP contribution in [-0.2, 0) is 6.42 Å². The van der Waals surface area contributed by atoms with E-state index in [9.17, 15) is 9.90 Å². The van der Waals surface area contributed by atoms with Crippen molar-refractivity contribution in [3.8, 4) is 0 Å². The van der Waals surface area contributed by atoms with E-state index in [1.54, 1.807) is 35.6 Å². The second-order valence-electron chi connectivity index (χ2n) is 7.04. The number of nitrogens with zero attached hydrogens (tertiary/aromatic N) is 5. The number of amides is 1. The minimum atomic E-state index is -0.568. The van der Waals surface area contributed by atoms with E-state index < -0.39 is 6.10 Å². The molecule has 2 atom stereocenters. The number of fused-ring (bicyclic) bond motifs is 1. The number of likely N-dealkylation sites (tertiary alicyclic amines) is 1. The molecule has 0 unspecified atom stereocenters. The van der Waals surface area contributed by atoms with Gasteiger partial charge in [0.25, 0.3) is 5.91 Å². The van der Waals surface area contributed by atoms with Crippen LogP contribution in [0, 0.1) is 19.8 Å². The van der Waals surface area contributed by atoms with Crippen LogP contribution in [0.1, 0.15) is 27.4 Å². The predicted molar refractivity (Wildman–Crippen MR) is 100 cm³/mol. The highest BCUT2D eigenvalue weighted by molar-refractivity contribution is 5.97. The summed E-state index contributed by atoms with van der Waals surface area (Å²) in [5, 5.41) is 10.4. The molecule has 0 aliphatic carbocycles. The molecule has 0 saturated carbocycles. The minimum Gasteiger partial charge on any atom is -0.391 e. The largest absolute Gasteiger partial charge is 0.391 e. The van der Waals surface area contributed by atoms with E-state index >= 15 is 0 Å². The molecule has 1 N–H and O–H groups in total. The molecule has 2 aromatic heterocycles. The first-order chi connectivity index (χ1) is 13.0. The van der Waals surface area contributed by atoms with E-state index in [0.29, 0.717) is 30.6 Å². The van der Waals surface area contributed by atoms with Gasteiger partial charge in [-0.05, 0) is 38.5 Å². The van der Waals surface area contributed by atoms with Crippen LogP contribution in [0.25, 0.3) is 11.0 Å². The normalized spacial score (nSPS) is 19.6. The first-order valence-electron chi connectivity index (χ1n) is 8.98. The van der Waals surface area contributed by atoms with Crippen molar-refractivity contribution in [2.75, 3.05) is 13.1 Å². The standard InChI is InChI=1S/C20H21N5O2/c1-12-13(2)24-18-8-14(3-4-17(18)23-12)20(27)25-10-15(19(26)11-25)7-16-9-21-5-6-22-16/h3-6,8-9,15,19,26H,7,10-11H2,1-2H3/t15-,19-/m1/s1. The topological polar surface area (TPSA) is 92.1 Å². The van der Waals surface area contributed by atoms with E-state index in [4.69, 9.17) is 0 Å². The van der Waals surface area contributed by atoms with Crippen LogP contribution in [0.15, 0.2) is 36.8 Å². The quantitative estimate of drug-likeness (QED) is 0.762. The average molecular weight is 363 g/mol. The molecule has 1 aliphatic rings. The molecule has 3 heterocycles. The van der Waals surface area contributed by atoms with Gasteiger partial charge >= 0.3 is 0 Å². The molecule has 0 bridgehead atoms. The van der Waals surface area contributed by atoms with Gasteiger partial charge < -0.3 is 10.0 Å². The van der Waals surface area contributed by atoms with Gasteiger partial charge in [-0.25, -0.2) is 9.97 Å². The van der Waals surface area contributed by atoms with Gasteiger partial charge in [-0.3, -0.25) is 14.8 Å². The van der Waals surface area contributed by atoms with Crippen LogP contribution in [-0.4, -0.2) is 55.0 Å². The van der Waals surface area contributed by atoms with Crippen molar-refractivity contribution >= 4 is 16.9 Å². The fourth-order valence-corrected chi connectivity index (χ4v) is 3.47. The highest BCUT2D eigenvalue weighted by atomic mass is 16.3. The van der Waals surface area contributed by atoms with Crippen LogP contribution < -0.4 is 0 Å². The fraction of sp³-hybridized carbons (Fsp3) is 0.350. The monoisotopic (exact) mass is 363 g/mol. The number of hydrogen-bond donors (Lipinski definition) is 1. The Kier molecular flexibility index (Phi) is 4.53. The number of β-amino-alcohol motifs (C(OH)–C–C–N with tert-alkyl or cyclic N) is 1. The smallest absolute Gasteiger partial charge is 0.254 e. The SMILES string of the molecule is Cc1nc2ccc(C(=O)N3C[C@@H](Cc4cnccn4)[C@H](O)C3)cc2nc1C. The Morgan fingerprint density at radius 2 is 1.93 bits per heavy atom. The maximum atomic E-state index is 12.9. The minimum absolute atomic E-state index is 0.0456. The second-order valence-corrected chi connectivity index (χ2v) is 7.04. The van der Waals surface area contributed by atoms with Crippen LogP contribution >= 0.6 is 0 Å². The third kappa shape index (κ3) is 3.50. The van der Waals surface area contributed by atoms with E-state index in [0.717, 1.165) is 22.6 Å². The third-order valence-electron chi connectivity index (χ3n) is 5.10. The molecule has 0 radical (unpaired) electrons. The first kappa shape index (κ1) is 17.5. The lowest BCUT2D eigenvalue weighted by atomic mass is 10.0. The summed E-state index contributed by atoms with van der Waals surface area (Å²) < 4.78 is 0. The molecule has 1 fully saturated rings. The Morgan fingerprint density at radius 1 is 1.15 bits per heavy atom. The number of rotatable bonds is 3. The summed E-state index contributed by atoms with van der Waals surface area (Å²) in [6, 6.07) is 5.38. The van der Waals surface area contributed by atoms with Gasteiger partial charge in [0, 0.05) is 43.2 Å². The lowest BCUT2D eigenvalue weighted by Gasteiger charge is -2.16. The Bertz CT molecular complexity index is 992. The summed E-state index contributed by atoms with van der Waals surface area (Å²) in [6.07, 6.45) is 4.99. The molecule has 0 spiro atoms. The second kappa shape index (κ2) is 7.00. The zero-order valence-corrected chi connectivity index (χ0v) is 15.3. The number of aliphatic hydroxyl groups is 1. The van der Waals surface area contributed by atoms with E-state index in [1.807, 2.05) is 19.9 Å².